The zero-order valence-electron chi connectivity index (χ0n) is 15.3. The zero-order chi connectivity index (χ0) is 18.1. The van der Waals surface area contributed by atoms with Crippen molar-refractivity contribution in [1.82, 2.24) is 9.80 Å². The number of fused-ring (bicyclic) bond motifs is 1. The molecule has 2 aliphatic rings. The Morgan fingerprint density at radius 1 is 1.20 bits per heavy atom. The average molecular weight is 346 g/mol. The average Bonchev–Trinajstić information content (AvgIpc) is 3.02. The summed E-state index contributed by atoms with van der Waals surface area (Å²) in [5.74, 6) is -0.0553. The van der Waals surface area contributed by atoms with Crippen LogP contribution in [-0.4, -0.2) is 47.8 Å². The van der Waals surface area contributed by atoms with Crippen molar-refractivity contribution >= 4 is 11.8 Å². The van der Waals surface area contributed by atoms with Gasteiger partial charge < -0.3 is 9.80 Å². The molecule has 1 aromatic carbocycles. The van der Waals surface area contributed by atoms with Crippen molar-refractivity contribution in [2.75, 3.05) is 20.1 Å². The van der Waals surface area contributed by atoms with Gasteiger partial charge in [-0.3, -0.25) is 9.59 Å². The summed E-state index contributed by atoms with van der Waals surface area (Å²) in [5.41, 5.74) is 1.94. The minimum absolute atomic E-state index is 0.0152. The topological polar surface area (TPSA) is 40.6 Å². The second-order valence-corrected chi connectivity index (χ2v) is 7.58. The normalized spacial score (nSPS) is 20.7. The Balaban J connectivity index is 1.61. The lowest BCUT2D eigenvalue weighted by molar-refractivity contribution is -0.141. The van der Waals surface area contributed by atoms with Gasteiger partial charge >= 0.3 is 0 Å². The lowest BCUT2D eigenvalue weighted by Crippen LogP contribution is -2.46. The van der Waals surface area contributed by atoms with Crippen LogP contribution in [0.15, 0.2) is 18.2 Å². The van der Waals surface area contributed by atoms with Crippen LogP contribution in [0.4, 0.5) is 4.39 Å². The van der Waals surface area contributed by atoms with Gasteiger partial charge in [0.1, 0.15) is 5.82 Å². The number of hydrogen-bond acceptors (Lipinski definition) is 2. The molecule has 1 aliphatic carbocycles. The second kappa shape index (κ2) is 7.14. The molecule has 0 radical (unpaired) electrons. The molecule has 25 heavy (non-hydrogen) atoms. The van der Waals surface area contributed by atoms with E-state index in [9.17, 15) is 14.0 Å². The molecule has 5 heteroatoms. The molecule has 1 unspecified atom stereocenters. The highest BCUT2D eigenvalue weighted by Crippen LogP contribution is 2.35. The molecule has 3 rings (SSSR count). The van der Waals surface area contributed by atoms with Gasteiger partial charge in [-0.1, -0.05) is 6.07 Å². The third kappa shape index (κ3) is 3.55. The van der Waals surface area contributed by atoms with Crippen LogP contribution in [0.2, 0.25) is 0 Å². The fourth-order valence-corrected chi connectivity index (χ4v) is 3.95. The smallest absolute Gasteiger partial charge is 0.230 e. The molecule has 2 amide bonds. The quantitative estimate of drug-likeness (QED) is 0.844. The summed E-state index contributed by atoms with van der Waals surface area (Å²) in [5, 5.41) is 0. The number of benzene rings is 1. The van der Waals surface area contributed by atoms with Gasteiger partial charge in [-0.2, -0.15) is 0 Å². The predicted octanol–water partition coefficient (Wildman–Crippen LogP) is 2.96. The van der Waals surface area contributed by atoms with Crippen molar-refractivity contribution in [2.24, 2.45) is 5.92 Å². The lowest BCUT2D eigenvalue weighted by atomic mass is 9.93. The van der Waals surface area contributed by atoms with Crippen LogP contribution in [0.25, 0.3) is 0 Å². The van der Waals surface area contributed by atoms with Gasteiger partial charge in [0.05, 0.1) is 5.92 Å². The second-order valence-electron chi connectivity index (χ2n) is 7.58. The standard InChI is InChI=1S/C20H27FN2O2/c1-13(2)22(3)19(24)14-8-10-23(11-9-14)20(25)18-6-4-15-12-16(21)5-7-17(15)18/h5,7,12-14,18H,4,6,8-11H2,1-3H3. The number of likely N-dealkylation sites (tertiary alicyclic amines) is 1. The summed E-state index contributed by atoms with van der Waals surface area (Å²) >= 11 is 0. The molecule has 4 nitrogen and oxygen atoms in total. The summed E-state index contributed by atoms with van der Waals surface area (Å²) in [4.78, 5) is 29.0. The van der Waals surface area contributed by atoms with Crippen LogP contribution in [0.5, 0.6) is 0 Å². The van der Waals surface area contributed by atoms with E-state index in [0.29, 0.717) is 13.1 Å². The number of nitrogens with zero attached hydrogens (tertiary/aromatic N) is 2. The first-order valence-corrected chi connectivity index (χ1v) is 9.22. The van der Waals surface area contributed by atoms with E-state index in [0.717, 1.165) is 36.8 Å². The van der Waals surface area contributed by atoms with Gasteiger partial charge in [0, 0.05) is 32.1 Å². The van der Waals surface area contributed by atoms with Crippen LogP contribution in [0, 0.1) is 11.7 Å². The van der Waals surface area contributed by atoms with E-state index >= 15 is 0 Å². The maximum Gasteiger partial charge on any atom is 0.230 e. The molecule has 136 valence electrons. The van der Waals surface area contributed by atoms with Crippen LogP contribution < -0.4 is 0 Å². The lowest BCUT2D eigenvalue weighted by Gasteiger charge is -2.35. The molecule has 0 saturated carbocycles. The largest absolute Gasteiger partial charge is 0.343 e. The van der Waals surface area contributed by atoms with Crippen molar-refractivity contribution < 1.29 is 14.0 Å². The van der Waals surface area contributed by atoms with E-state index < -0.39 is 0 Å². The van der Waals surface area contributed by atoms with Crippen LogP contribution >= 0.6 is 0 Å². The number of hydrogen-bond donors (Lipinski definition) is 0. The highest BCUT2D eigenvalue weighted by Gasteiger charge is 2.35. The molecule has 0 aromatic heterocycles. The first-order valence-electron chi connectivity index (χ1n) is 9.22. The Kier molecular flexibility index (Phi) is 5.11. The molecule has 1 heterocycles. The molecular weight excluding hydrogens is 319 g/mol. The molecule has 1 aromatic rings. The first kappa shape index (κ1) is 17.9. The Bertz CT molecular complexity index is 666. The molecule has 0 bridgehead atoms. The van der Waals surface area contributed by atoms with E-state index in [2.05, 4.69) is 0 Å². The van der Waals surface area contributed by atoms with Crippen molar-refractivity contribution in [3.05, 3.63) is 35.1 Å². The molecule has 1 aliphatic heterocycles. The van der Waals surface area contributed by atoms with Crippen LogP contribution in [-0.2, 0) is 16.0 Å². The summed E-state index contributed by atoms with van der Waals surface area (Å²) in [7, 11) is 1.85. The fourth-order valence-electron chi connectivity index (χ4n) is 3.95. The van der Waals surface area contributed by atoms with Gasteiger partial charge in [-0.25, -0.2) is 4.39 Å². The summed E-state index contributed by atoms with van der Waals surface area (Å²) in [6, 6.07) is 4.95. The predicted molar refractivity (Wildman–Crippen MR) is 94.7 cm³/mol. The Hall–Kier alpha value is -1.91. The number of carbonyl (C=O) groups is 2. The van der Waals surface area contributed by atoms with E-state index in [1.165, 1.54) is 6.07 Å². The highest BCUT2D eigenvalue weighted by atomic mass is 19.1. The van der Waals surface area contributed by atoms with E-state index in [1.807, 2.05) is 25.8 Å². The summed E-state index contributed by atoms with van der Waals surface area (Å²) in [6.45, 7) is 5.29. The number of amides is 2. The number of carbonyl (C=O) groups excluding carboxylic acids is 2. The summed E-state index contributed by atoms with van der Waals surface area (Å²) < 4.78 is 13.4. The van der Waals surface area contributed by atoms with Crippen LogP contribution in [0.3, 0.4) is 0 Å². The van der Waals surface area contributed by atoms with Crippen molar-refractivity contribution in [3.63, 3.8) is 0 Å². The monoisotopic (exact) mass is 346 g/mol. The highest BCUT2D eigenvalue weighted by molar-refractivity contribution is 5.85. The van der Waals surface area contributed by atoms with E-state index in [1.54, 1.807) is 17.0 Å². The minimum atomic E-state index is -0.236. The number of rotatable bonds is 3. The zero-order valence-corrected chi connectivity index (χ0v) is 15.3. The maximum absolute atomic E-state index is 13.4. The molecule has 1 atom stereocenters. The maximum atomic E-state index is 13.4. The summed E-state index contributed by atoms with van der Waals surface area (Å²) in [6.07, 6.45) is 2.97. The number of piperidine rings is 1. The van der Waals surface area contributed by atoms with Gasteiger partial charge in [0.2, 0.25) is 11.8 Å². The third-order valence-electron chi connectivity index (χ3n) is 5.76. The number of halogens is 1. The van der Waals surface area contributed by atoms with Gasteiger partial charge in [-0.15, -0.1) is 0 Å². The Labute approximate surface area is 149 Å². The number of aryl methyl sites for hydroxylation is 1. The third-order valence-corrected chi connectivity index (χ3v) is 5.76. The van der Waals surface area contributed by atoms with Crippen molar-refractivity contribution in [1.29, 1.82) is 0 Å². The molecule has 1 fully saturated rings. The Morgan fingerprint density at radius 2 is 1.88 bits per heavy atom. The Morgan fingerprint density at radius 3 is 2.52 bits per heavy atom. The van der Waals surface area contributed by atoms with E-state index in [-0.39, 0.29) is 35.5 Å². The molecule has 0 N–H and O–H groups in total. The molecule has 0 spiro atoms. The first-order chi connectivity index (χ1) is 11.9. The molecule has 1 saturated heterocycles. The fraction of sp³-hybridized carbons (Fsp3) is 0.600. The molecular formula is C20H27FN2O2. The SMILES string of the molecule is CC(C)N(C)C(=O)C1CCN(C(=O)C2CCc3cc(F)ccc32)CC1. The van der Waals surface area contributed by atoms with E-state index in [4.69, 9.17) is 0 Å². The van der Waals surface area contributed by atoms with Crippen molar-refractivity contribution in [3.8, 4) is 0 Å². The van der Waals surface area contributed by atoms with Crippen molar-refractivity contribution in [2.45, 2.75) is 51.5 Å². The minimum Gasteiger partial charge on any atom is -0.343 e. The van der Waals surface area contributed by atoms with Gasteiger partial charge in [-0.05, 0) is 62.8 Å². The van der Waals surface area contributed by atoms with Crippen LogP contribution in [0.1, 0.15) is 50.2 Å². The van der Waals surface area contributed by atoms with Gasteiger partial charge in [0.15, 0.2) is 0 Å². The van der Waals surface area contributed by atoms with Gasteiger partial charge in [0.25, 0.3) is 0 Å².